The minimum atomic E-state index is -3.06. The monoisotopic (exact) mass is 300 g/mol. The summed E-state index contributed by atoms with van der Waals surface area (Å²) in [7, 11) is -3.06. The molecule has 0 unspecified atom stereocenters. The molecule has 114 valence electrons. The van der Waals surface area contributed by atoms with Crippen LogP contribution in [0, 0.1) is 5.92 Å². The number of nitrogens with one attached hydrogen (secondary N) is 1. The van der Waals surface area contributed by atoms with Crippen LogP contribution >= 0.6 is 0 Å². The summed E-state index contributed by atoms with van der Waals surface area (Å²) in [6, 6.07) is 0.343. The first-order chi connectivity index (χ1) is 9.41. The highest BCUT2D eigenvalue weighted by Gasteiger charge is 2.30. The van der Waals surface area contributed by atoms with Crippen LogP contribution in [-0.2, 0) is 23.1 Å². The number of imidazole rings is 1. The summed E-state index contributed by atoms with van der Waals surface area (Å²) in [6.07, 6.45) is 5.93. The Morgan fingerprint density at radius 1 is 1.50 bits per heavy atom. The van der Waals surface area contributed by atoms with Crippen LogP contribution < -0.4 is 5.32 Å². The van der Waals surface area contributed by atoms with Gasteiger partial charge in [-0.3, -0.25) is 0 Å². The Kier molecular flexibility index (Phi) is 4.82. The molecule has 0 aromatic carbocycles. The molecule has 0 saturated carbocycles. The van der Waals surface area contributed by atoms with E-state index in [1.807, 2.05) is 12.4 Å². The number of hydrogen-bond acceptors (Lipinski definition) is 4. The smallest absolute Gasteiger partial charge is 0.211 e. The van der Waals surface area contributed by atoms with Gasteiger partial charge < -0.3 is 9.88 Å². The van der Waals surface area contributed by atoms with Crippen LogP contribution in [0.25, 0.3) is 0 Å². The van der Waals surface area contributed by atoms with Crippen molar-refractivity contribution in [1.82, 2.24) is 19.2 Å². The predicted molar refractivity (Wildman–Crippen MR) is 78.7 cm³/mol. The quantitative estimate of drug-likeness (QED) is 0.867. The first-order valence-electron chi connectivity index (χ1n) is 7.10. The molecule has 0 amide bonds. The molecule has 2 heterocycles. The number of sulfonamides is 1. The Morgan fingerprint density at radius 2 is 2.25 bits per heavy atom. The van der Waals surface area contributed by atoms with Crippen LogP contribution in [0.2, 0.25) is 0 Å². The highest BCUT2D eigenvalue weighted by atomic mass is 32.2. The van der Waals surface area contributed by atoms with Gasteiger partial charge in [0, 0.05) is 38.1 Å². The maximum atomic E-state index is 11.6. The van der Waals surface area contributed by atoms with Gasteiger partial charge >= 0.3 is 0 Å². The van der Waals surface area contributed by atoms with Crippen molar-refractivity contribution in [1.29, 1.82) is 0 Å². The van der Waals surface area contributed by atoms with Gasteiger partial charge in [-0.05, 0) is 19.3 Å². The zero-order chi connectivity index (χ0) is 14.8. The van der Waals surface area contributed by atoms with Gasteiger partial charge in [0.15, 0.2) is 0 Å². The molecule has 0 bridgehead atoms. The van der Waals surface area contributed by atoms with E-state index in [4.69, 9.17) is 0 Å². The van der Waals surface area contributed by atoms with E-state index in [0.29, 0.717) is 25.0 Å². The summed E-state index contributed by atoms with van der Waals surface area (Å²) in [5.74, 6) is 1.34. The fourth-order valence-corrected chi connectivity index (χ4v) is 3.67. The maximum absolute atomic E-state index is 11.6. The summed E-state index contributed by atoms with van der Waals surface area (Å²) in [5, 5.41) is 3.52. The number of nitrogens with zero attached hydrogens (tertiary/aromatic N) is 3. The summed E-state index contributed by atoms with van der Waals surface area (Å²) in [6.45, 7) is 7.04. The summed E-state index contributed by atoms with van der Waals surface area (Å²) < 4.78 is 26.8. The van der Waals surface area contributed by atoms with E-state index < -0.39 is 10.0 Å². The number of rotatable bonds is 5. The normalized spacial score (nSPS) is 24.9. The van der Waals surface area contributed by atoms with Crippen molar-refractivity contribution < 1.29 is 8.42 Å². The molecule has 1 aliphatic heterocycles. The van der Waals surface area contributed by atoms with Gasteiger partial charge in [0.25, 0.3) is 0 Å². The van der Waals surface area contributed by atoms with Crippen molar-refractivity contribution in [2.75, 3.05) is 19.3 Å². The highest BCUT2D eigenvalue weighted by molar-refractivity contribution is 7.88. The zero-order valence-electron chi connectivity index (χ0n) is 12.4. The lowest BCUT2D eigenvalue weighted by atomic mass is 9.95. The third kappa shape index (κ3) is 3.59. The Labute approximate surface area is 121 Å². The van der Waals surface area contributed by atoms with E-state index in [9.17, 15) is 8.42 Å². The lowest BCUT2D eigenvalue weighted by Gasteiger charge is -2.36. The Bertz CT molecular complexity index is 540. The van der Waals surface area contributed by atoms with Crippen LogP contribution in [-0.4, -0.2) is 47.7 Å². The van der Waals surface area contributed by atoms with Crippen LogP contribution in [0.4, 0.5) is 0 Å². The van der Waals surface area contributed by atoms with Crippen LogP contribution in [0.5, 0.6) is 0 Å². The fourth-order valence-electron chi connectivity index (χ4n) is 2.73. The van der Waals surface area contributed by atoms with Crippen molar-refractivity contribution in [3.05, 3.63) is 18.2 Å². The van der Waals surface area contributed by atoms with Gasteiger partial charge in [0.05, 0.1) is 12.8 Å². The third-order valence-corrected chi connectivity index (χ3v) is 5.27. The molecular formula is C13H24N4O2S. The molecule has 20 heavy (non-hydrogen) atoms. The van der Waals surface area contributed by atoms with Crippen molar-refractivity contribution in [3.63, 3.8) is 0 Å². The molecule has 6 nitrogen and oxygen atoms in total. The molecule has 1 saturated heterocycles. The number of aryl methyl sites for hydroxylation is 1. The van der Waals surface area contributed by atoms with E-state index in [1.165, 1.54) is 6.26 Å². The van der Waals surface area contributed by atoms with Gasteiger partial charge in [-0.2, -0.15) is 0 Å². The molecule has 7 heteroatoms. The maximum Gasteiger partial charge on any atom is 0.211 e. The molecule has 0 aliphatic carbocycles. The largest absolute Gasteiger partial charge is 0.334 e. The molecule has 1 N–H and O–H groups in total. The number of hydrogen-bond donors (Lipinski definition) is 1. The second-order valence-corrected chi connectivity index (χ2v) is 7.49. The fraction of sp³-hybridized carbons (Fsp3) is 0.769. The molecule has 1 fully saturated rings. The standard InChI is InChI=1S/C13H24N4O2S/c1-4-16-8-6-14-13(16)9-15-12-5-7-17(10-11(12)2)20(3,18)19/h6,8,11-12,15H,4-5,7,9-10H2,1-3H3/t11-,12+/m0/s1. The number of piperidine rings is 1. The SMILES string of the molecule is CCn1ccnc1CN[C@@H]1CCN(S(C)(=O)=O)C[C@@H]1C. The van der Waals surface area contributed by atoms with Gasteiger partial charge in [0.1, 0.15) is 5.82 Å². The van der Waals surface area contributed by atoms with E-state index in [1.54, 1.807) is 4.31 Å². The van der Waals surface area contributed by atoms with Crippen molar-refractivity contribution >= 4 is 10.0 Å². The van der Waals surface area contributed by atoms with Gasteiger partial charge in [-0.25, -0.2) is 17.7 Å². The second kappa shape index (κ2) is 6.24. The lowest BCUT2D eigenvalue weighted by Crippen LogP contribution is -2.49. The third-order valence-electron chi connectivity index (χ3n) is 4.00. The van der Waals surface area contributed by atoms with Crippen molar-refractivity contribution in [2.24, 2.45) is 5.92 Å². The molecule has 0 radical (unpaired) electrons. The second-order valence-electron chi connectivity index (χ2n) is 5.50. The van der Waals surface area contributed by atoms with Crippen LogP contribution in [0.15, 0.2) is 12.4 Å². The molecule has 0 spiro atoms. The Hall–Kier alpha value is -0.920. The molecule has 1 aliphatic rings. The average molecular weight is 300 g/mol. The highest BCUT2D eigenvalue weighted by Crippen LogP contribution is 2.19. The summed E-state index contributed by atoms with van der Waals surface area (Å²) in [4.78, 5) is 4.34. The van der Waals surface area contributed by atoms with E-state index in [0.717, 1.165) is 25.3 Å². The summed E-state index contributed by atoms with van der Waals surface area (Å²) in [5.41, 5.74) is 0. The predicted octanol–water partition coefficient (Wildman–Crippen LogP) is 0.663. The molecule has 2 rings (SSSR count). The molecule has 2 atom stereocenters. The average Bonchev–Trinajstić information content (AvgIpc) is 2.83. The van der Waals surface area contributed by atoms with Gasteiger partial charge in [-0.1, -0.05) is 6.92 Å². The molecular weight excluding hydrogens is 276 g/mol. The van der Waals surface area contributed by atoms with Gasteiger partial charge in [-0.15, -0.1) is 0 Å². The Balaban J connectivity index is 1.89. The van der Waals surface area contributed by atoms with Crippen molar-refractivity contribution in [3.8, 4) is 0 Å². The van der Waals surface area contributed by atoms with E-state index in [2.05, 4.69) is 28.7 Å². The minimum Gasteiger partial charge on any atom is -0.334 e. The first kappa shape index (κ1) is 15.5. The zero-order valence-corrected chi connectivity index (χ0v) is 13.2. The van der Waals surface area contributed by atoms with Crippen LogP contribution in [0.1, 0.15) is 26.1 Å². The Morgan fingerprint density at radius 3 is 2.85 bits per heavy atom. The summed E-state index contributed by atoms with van der Waals surface area (Å²) >= 11 is 0. The van der Waals surface area contributed by atoms with Crippen LogP contribution in [0.3, 0.4) is 0 Å². The first-order valence-corrected chi connectivity index (χ1v) is 8.95. The minimum absolute atomic E-state index is 0.309. The van der Waals surface area contributed by atoms with Gasteiger partial charge in [0.2, 0.25) is 10.0 Å². The van der Waals surface area contributed by atoms with E-state index in [-0.39, 0.29) is 0 Å². The topological polar surface area (TPSA) is 67.2 Å². The lowest BCUT2D eigenvalue weighted by molar-refractivity contribution is 0.218. The van der Waals surface area contributed by atoms with Crippen molar-refractivity contribution in [2.45, 2.75) is 39.4 Å². The number of aromatic nitrogens is 2. The molecule has 1 aromatic heterocycles. The molecule has 1 aromatic rings. The van der Waals surface area contributed by atoms with E-state index >= 15 is 0 Å².